The van der Waals surface area contributed by atoms with E-state index in [1.165, 1.54) is 30.1 Å². The van der Waals surface area contributed by atoms with E-state index in [2.05, 4.69) is 4.99 Å². The summed E-state index contributed by atoms with van der Waals surface area (Å²) < 4.78 is 29.6. The fraction of sp³-hybridized carbons (Fsp3) is 0.310. The number of esters is 1. The number of benzene rings is 2. The minimum absolute atomic E-state index is 0.121. The standard InChI is InChI=1S/C29H29N3O7S/c1-6-37-26-19(9-8-10-21(26)35-4)25-24(28(34)38-7-2)17(3)31-29-32(25)27(33)23(40-29)16-18-11-12-20(39-14-13-30)22(15-18)36-5/h8-12,15-16,25H,6-7,14H2,1-5H3/b23-16+/t25-/m0/s1. The first-order valence-electron chi connectivity index (χ1n) is 12.6. The largest absolute Gasteiger partial charge is 0.493 e. The molecule has 0 radical (unpaired) electrons. The Kier molecular flexibility index (Phi) is 8.91. The molecule has 0 spiro atoms. The number of hydrogen-bond donors (Lipinski definition) is 0. The molecule has 1 aliphatic heterocycles. The molecule has 2 heterocycles. The Morgan fingerprint density at radius 3 is 2.55 bits per heavy atom. The van der Waals surface area contributed by atoms with Gasteiger partial charge >= 0.3 is 5.97 Å². The Morgan fingerprint density at radius 2 is 1.88 bits per heavy atom. The third kappa shape index (κ3) is 5.44. The zero-order valence-corrected chi connectivity index (χ0v) is 23.7. The van der Waals surface area contributed by atoms with Crippen molar-refractivity contribution in [2.75, 3.05) is 34.0 Å². The van der Waals surface area contributed by atoms with Crippen molar-refractivity contribution in [1.82, 2.24) is 4.57 Å². The van der Waals surface area contributed by atoms with Crippen LogP contribution in [0.2, 0.25) is 0 Å². The maximum Gasteiger partial charge on any atom is 0.338 e. The van der Waals surface area contributed by atoms with Gasteiger partial charge in [-0.3, -0.25) is 9.36 Å². The topological polar surface area (TPSA) is 121 Å². The molecule has 11 heteroatoms. The van der Waals surface area contributed by atoms with E-state index in [4.69, 9.17) is 28.9 Å². The molecule has 0 saturated carbocycles. The minimum atomic E-state index is -0.856. The Morgan fingerprint density at radius 1 is 1.10 bits per heavy atom. The van der Waals surface area contributed by atoms with Gasteiger partial charge in [0.05, 0.1) is 43.2 Å². The van der Waals surface area contributed by atoms with Crippen molar-refractivity contribution in [3.8, 4) is 29.1 Å². The van der Waals surface area contributed by atoms with E-state index < -0.39 is 12.0 Å². The van der Waals surface area contributed by atoms with Crippen LogP contribution in [0.5, 0.6) is 23.0 Å². The Balaban J connectivity index is 1.95. The summed E-state index contributed by atoms with van der Waals surface area (Å²) in [5, 5.41) is 8.82. The summed E-state index contributed by atoms with van der Waals surface area (Å²) >= 11 is 1.20. The van der Waals surface area contributed by atoms with Crippen molar-refractivity contribution < 1.29 is 28.5 Å². The third-order valence-electron chi connectivity index (χ3n) is 6.11. The lowest BCUT2D eigenvalue weighted by Crippen LogP contribution is -2.40. The molecular weight excluding hydrogens is 534 g/mol. The quantitative estimate of drug-likeness (QED) is 0.345. The van der Waals surface area contributed by atoms with E-state index in [-0.39, 0.29) is 24.3 Å². The molecule has 1 aliphatic rings. The predicted octanol–water partition coefficient (Wildman–Crippen LogP) is 3.12. The number of hydrogen-bond acceptors (Lipinski definition) is 10. The van der Waals surface area contributed by atoms with Crippen molar-refractivity contribution in [1.29, 1.82) is 5.26 Å². The van der Waals surface area contributed by atoms with Gasteiger partial charge in [-0.2, -0.15) is 5.26 Å². The van der Waals surface area contributed by atoms with E-state index in [9.17, 15) is 9.59 Å². The molecule has 1 aromatic heterocycles. The first kappa shape index (κ1) is 28.4. The Labute approximate surface area is 235 Å². The van der Waals surface area contributed by atoms with Gasteiger partial charge in [0.2, 0.25) is 0 Å². The summed E-state index contributed by atoms with van der Waals surface area (Å²) in [7, 11) is 3.03. The zero-order chi connectivity index (χ0) is 28.8. The molecule has 0 unspecified atom stereocenters. The van der Waals surface area contributed by atoms with Crippen molar-refractivity contribution in [2.45, 2.75) is 26.8 Å². The summed E-state index contributed by atoms with van der Waals surface area (Å²) in [4.78, 5) is 32.2. The van der Waals surface area contributed by atoms with E-state index in [1.54, 1.807) is 56.3 Å². The maximum absolute atomic E-state index is 14.0. The van der Waals surface area contributed by atoms with Gasteiger partial charge in [0.25, 0.3) is 5.56 Å². The second-order valence-corrected chi connectivity index (χ2v) is 9.48. The van der Waals surface area contributed by atoms with Crippen LogP contribution >= 0.6 is 11.3 Å². The van der Waals surface area contributed by atoms with Crippen LogP contribution in [0.1, 0.15) is 37.9 Å². The highest BCUT2D eigenvalue weighted by Crippen LogP contribution is 2.40. The van der Waals surface area contributed by atoms with Crippen LogP contribution in [0.15, 0.2) is 57.5 Å². The highest BCUT2D eigenvalue weighted by molar-refractivity contribution is 7.07. The number of para-hydroxylation sites is 1. The van der Waals surface area contributed by atoms with Gasteiger partial charge in [-0.15, -0.1) is 0 Å². The number of allylic oxidation sites excluding steroid dienone is 1. The number of ether oxygens (including phenoxy) is 5. The molecule has 0 aliphatic carbocycles. The number of carbonyl (C=O) groups excluding carboxylic acids is 1. The summed E-state index contributed by atoms with van der Waals surface area (Å²) in [5.74, 6) is 1.18. The lowest BCUT2D eigenvalue weighted by molar-refractivity contribution is -0.139. The number of aromatic nitrogens is 1. The predicted molar refractivity (Wildman–Crippen MR) is 149 cm³/mol. The number of methoxy groups -OCH3 is 2. The van der Waals surface area contributed by atoms with Crippen molar-refractivity contribution in [3.05, 3.63) is 78.5 Å². The second-order valence-electron chi connectivity index (χ2n) is 8.47. The molecule has 4 rings (SSSR count). The average molecular weight is 564 g/mol. The van der Waals surface area contributed by atoms with Crippen molar-refractivity contribution in [3.63, 3.8) is 0 Å². The average Bonchev–Trinajstić information content (AvgIpc) is 3.25. The summed E-state index contributed by atoms with van der Waals surface area (Å²) in [6.07, 6.45) is 1.72. The molecule has 10 nitrogen and oxygen atoms in total. The van der Waals surface area contributed by atoms with Crippen LogP contribution in [-0.2, 0) is 9.53 Å². The van der Waals surface area contributed by atoms with E-state index >= 15 is 0 Å². The highest BCUT2D eigenvalue weighted by Gasteiger charge is 2.36. The molecule has 40 heavy (non-hydrogen) atoms. The zero-order valence-electron chi connectivity index (χ0n) is 22.8. The van der Waals surface area contributed by atoms with Gasteiger partial charge in [0.1, 0.15) is 12.1 Å². The first-order valence-corrected chi connectivity index (χ1v) is 13.4. The molecule has 0 bridgehead atoms. The van der Waals surface area contributed by atoms with Crippen molar-refractivity contribution >= 4 is 23.4 Å². The molecule has 0 N–H and O–H groups in total. The number of nitriles is 1. The van der Waals surface area contributed by atoms with E-state index in [1.807, 2.05) is 13.0 Å². The van der Waals surface area contributed by atoms with Crippen LogP contribution in [-0.4, -0.2) is 44.6 Å². The van der Waals surface area contributed by atoms with E-state index in [0.717, 1.165) is 0 Å². The van der Waals surface area contributed by atoms with Gasteiger partial charge < -0.3 is 23.7 Å². The van der Waals surface area contributed by atoms with Gasteiger partial charge in [-0.25, -0.2) is 9.79 Å². The number of fused-ring (bicyclic) bond motifs is 1. The SMILES string of the molecule is CCOC(=O)C1=C(C)N=c2s/c(=C/c3ccc(OCC#N)c(OC)c3)c(=O)n2[C@H]1c1cccc(OC)c1OCC. The maximum atomic E-state index is 14.0. The van der Waals surface area contributed by atoms with Gasteiger partial charge in [0.15, 0.2) is 34.4 Å². The minimum Gasteiger partial charge on any atom is -0.493 e. The Bertz CT molecular complexity index is 1680. The molecule has 3 aromatic rings. The molecule has 2 aromatic carbocycles. The van der Waals surface area contributed by atoms with Gasteiger partial charge in [0, 0.05) is 5.56 Å². The monoisotopic (exact) mass is 563 g/mol. The van der Waals surface area contributed by atoms with Crippen LogP contribution in [0.4, 0.5) is 0 Å². The van der Waals surface area contributed by atoms with Crippen LogP contribution in [0.25, 0.3) is 6.08 Å². The number of nitrogens with zero attached hydrogens (tertiary/aromatic N) is 3. The van der Waals surface area contributed by atoms with Crippen molar-refractivity contribution in [2.24, 2.45) is 4.99 Å². The lowest BCUT2D eigenvalue weighted by Gasteiger charge is -2.26. The molecule has 208 valence electrons. The molecule has 0 fully saturated rings. The molecule has 1 atom stereocenters. The second kappa shape index (κ2) is 12.5. The summed E-state index contributed by atoms with van der Waals surface area (Å²) in [6.45, 7) is 5.69. The lowest BCUT2D eigenvalue weighted by atomic mass is 9.94. The number of thiazole rings is 1. The highest BCUT2D eigenvalue weighted by atomic mass is 32.1. The summed E-state index contributed by atoms with van der Waals surface area (Å²) in [6, 6.07) is 11.6. The number of carbonyl (C=O) groups is 1. The van der Waals surface area contributed by atoms with Crippen LogP contribution in [0.3, 0.4) is 0 Å². The van der Waals surface area contributed by atoms with Crippen LogP contribution in [0, 0.1) is 11.3 Å². The molecule has 0 saturated heterocycles. The number of rotatable bonds is 10. The van der Waals surface area contributed by atoms with Gasteiger partial charge in [-0.05, 0) is 50.6 Å². The third-order valence-corrected chi connectivity index (χ3v) is 7.09. The van der Waals surface area contributed by atoms with E-state index in [0.29, 0.717) is 55.8 Å². The molecule has 0 amide bonds. The van der Waals surface area contributed by atoms with Crippen LogP contribution < -0.4 is 33.8 Å². The summed E-state index contributed by atoms with van der Waals surface area (Å²) in [5.41, 5.74) is 1.61. The molecular formula is C29H29N3O7S. The van der Waals surface area contributed by atoms with Gasteiger partial charge in [-0.1, -0.05) is 29.5 Å². The Hall–Kier alpha value is -4.56. The fourth-order valence-electron chi connectivity index (χ4n) is 4.45. The fourth-order valence-corrected chi connectivity index (χ4v) is 5.49. The normalized spacial score (nSPS) is 14.6. The first-order chi connectivity index (χ1) is 19.4. The smallest absolute Gasteiger partial charge is 0.338 e.